The summed E-state index contributed by atoms with van der Waals surface area (Å²) in [4.78, 5) is 24.1. The number of alkyl halides is 2. The molecular formula is C66H95F3O5. The Morgan fingerprint density at radius 3 is 2.22 bits per heavy atom. The number of carbonyl (C=O) groups excluding carboxylic acids is 2. The first-order chi connectivity index (χ1) is 35.2. The number of hydrogen-bond acceptors (Lipinski definition) is 5. The normalized spacial score (nSPS) is 38.8. The highest BCUT2D eigenvalue weighted by atomic mass is 19.1. The maximum atomic E-state index is 13.9. The predicted octanol–water partition coefficient (Wildman–Crippen LogP) is 16.6. The van der Waals surface area contributed by atoms with Crippen molar-refractivity contribution in [3.8, 4) is 0 Å². The van der Waals surface area contributed by atoms with Crippen molar-refractivity contribution in [1.82, 2.24) is 0 Å². The summed E-state index contributed by atoms with van der Waals surface area (Å²) in [5, 5.41) is 0. The van der Waals surface area contributed by atoms with Gasteiger partial charge in [0, 0.05) is 13.3 Å². The minimum atomic E-state index is -1.06. The molecule has 8 aliphatic rings. The lowest BCUT2D eigenvalue weighted by molar-refractivity contribution is -0.159. The third-order valence-corrected chi connectivity index (χ3v) is 23.0. The van der Waals surface area contributed by atoms with E-state index in [1.54, 1.807) is 11.6 Å². The summed E-state index contributed by atoms with van der Waals surface area (Å²) in [5.41, 5.74) is 9.68. The van der Waals surface area contributed by atoms with Gasteiger partial charge in [0.15, 0.2) is 0 Å². The second-order valence-corrected chi connectivity index (χ2v) is 26.1. The predicted molar refractivity (Wildman–Crippen MR) is 294 cm³/mol. The van der Waals surface area contributed by atoms with E-state index in [0.29, 0.717) is 47.3 Å². The molecule has 74 heavy (non-hydrogen) atoms. The summed E-state index contributed by atoms with van der Waals surface area (Å²) in [7, 11) is 0. The molecule has 5 fully saturated rings. The third kappa shape index (κ3) is 10.5. The van der Waals surface area contributed by atoms with Crippen LogP contribution in [0.2, 0.25) is 0 Å². The summed E-state index contributed by atoms with van der Waals surface area (Å²) in [6.07, 6.45) is 28.3. The molecule has 0 radical (unpaired) electrons. The molecule has 5 saturated carbocycles. The molecule has 9 rings (SSSR count). The molecule has 0 saturated heterocycles. The van der Waals surface area contributed by atoms with Gasteiger partial charge < -0.3 is 14.2 Å². The van der Waals surface area contributed by atoms with Crippen molar-refractivity contribution >= 4 is 11.9 Å². The SMILES string of the molecule is C=C(F)C(=O)OC[C@@H](O[C@H]1CC[C@@]2(C)C(CC=C3C2CC[C@@]2(C)C3CCC2[C@H](C)/C=C/CF)C1)C1CCC2c3ccc4c(c3CC[C@@]21C)CC[C@H](OC(C)=O)C4.C=CC(F)[C@@H](C)C1CCC(/C(C)=C/C)[C@]1(C)CC. The van der Waals surface area contributed by atoms with Gasteiger partial charge in [0.2, 0.25) is 5.83 Å². The molecule has 9 unspecified atom stereocenters. The zero-order chi connectivity index (χ0) is 53.5. The average molecular weight is 1030 g/mol. The van der Waals surface area contributed by atoms with E-state index in [0.717, 1.165) is 83.5 Å². The molecular weight excluding hydrogens is 930 g/mol. The fourth-order valence-electron chi connectivity index (χ4n) is 18.7. The molecule has 0 heterocycles. The number of esters is 2. The van der Waals surface area contributed by atoms with Crippen molar-refractivity contribution in [2.75, 3.05) is 13.3 Å². The Labute approximate surface area is 445 Å². The maximum Gasteiger partial charge on any atom is 0.366 e. The molecule has 18 atom stereocenters. The van der Waals surface area contributed by atoms with Gasteiger partial charge in [-0.15, -0.1) is 6.58 Å². The minimum Gasteiger partial charge on any atom is -0.462 e. The average Bonchev–Trinajstić information content (AvgIpc) is 4.06. The van der Waals surface area contributed by atoms with Crippen molar-refractivity contribution in [2.45, 2.75) is 215 Å². The van der Waals surface area contributed by atoms with Crippen LogP contribution >= 0.6 is 0 Å². The number of rotatable bonds is 15. The van der Waals surface area contributed by atoms with Crippen LogP contribution in [0.4, 0.5) is 13.2 Å². The fourth-order valence-corrected chi connectivity index (χ4v) is 18.7. The van der Waals surface area contributed by atoms with Gasteiger partial charge in [0.1, 0.15) is 25.6 Å². The minimum absolute atomic E-state index is 0.0291. The lowest BCUT2D eigenvalue weighted by atomic mass is 9.47. The molecule has 0 spiro atoms. The number of halogens is 3. The van der Waals surface area contributed by atoms with Gasteiger partial charge in [-0.25, -0.2) is 13.6 Å². The van der Waals surface area contributed by atoms with Gasteiger partial charge in [0.25, 0.3) is 0 Å². The molecule has 5 nitrogen and oxygen atoms in total. The van der Waals surface area contributed by atoms with Crippen LogP contribution in [0, 0.1) is 74.9 Å². The summed E-state index contributed by atoms with van der Waals surface area (Å²) in [6.45, 7) is 28.8. The highest BCUT2D eigenvalue weighted by Gasteiger charge is 2.59. The standard InChI is InChI=1S/C49H66F2O5.C17H29F/c1-29(8-7-25-50)40-15-16-42-39-13-10-33-27-35(19-22-47(33,4)43(39)21-24-48(40,42)5)56-45(28-54-46(53)30(2)51)44-18-17-41-38-12-9-32-26-34(55-31(3)52)11-14-36(32)37(38)20-23-49(41,44)6;1-7-12(4)14-10-11-15(17(14,6)9-3)13(5)16(18)8-2/h7-9,12-13,29,33-35,40-45H,2,10-11,14-28H2,1,3-6H3;7-8,13-16H,2,9-11H2,1,3-6H3/b8-7+;12-7+/t29-,33?,34+,35+,40?,41?,42?,43?,44?,45-,47+,48-,49+;13-,14?,15?,16?,17-/m10/s1. The van der Waals surface area contributed by atoms with Gasteiger partial charge in [-0.2, -0.15) is 4.39 Å². The van der Waals surface area contributed by atoms with E-state index < -0.39 is 18.0 Å². The van der Waals surface area contributed by atoms with Gasteiger partial charge in [-0.3, -0.25) is 4.79 Å². The number of benzene rings is 1. The molecule has 0 amide bonds. The molecule has 1 aromatic rings. The van der Waals surface area contributed by atoms with E-state index >= 15 is 0 Å². The maximum absolute atomic E-state index is 13.9. The van der Waals surface area contributed by atoms with Crippen molar-refractivity contribution in [3.05, 3.63) is 94.9 Å². The van der Waals surface area contributed by atoms with E-state index in [4.69, 9.17) is 14.2 Å². The van der Waals surface area contributed by atoms with Gasteiger partial charge in [0.05, 0.1) is 12.2 Å². The van der Waals surface area contributed by atoms with E-state index in [9.17, 15) is 22.8 Å². The topological polar surface area (TPSA) is 61.8 Å². The first-order valence-electron chi connectivity index (χ1n) is 29.5. The molecule has 410 valence electrons. The fraction of sp³-hybridized carbons (Fsp3) is 0.727. The molecule has 0 aliphatic heterocycles. The second kappa shape index (κ2) is 22.9. The van der Waals surface area contributed by atoms with Crippen molar-refractivity contribution in [1.29, 1.82) is 0 Å². The molecule has 8 heteroatoms. The highest BCUT2D eigenvalue weighted by molar-refractivity contribution is 5.85. The Morgan fingerprint density at radius 2 is 1.53 bits per heavy atom. The monoisotopic (exact) mass is 1020 g/mol. The van der Waals surface area contributed by atoms with E-state index in [-0.39, 0.29) is 71.1 Å². The largest absolute Gasteiger partial charge is 0.462 e. The van der Waals surface area contributed by atoms with E-state index in [1.165, 1.54) is 72.9 Å². The Hall–Kier alpha value is -3.39. The molecule has 0 bridgehead atoms. The Morgan fingerprint density at radius 1 is 0.838 bits per heavy atom. The van der Waals surface area contributed by atoms with Crippen LogP contribution in [0.5, 0.6) is 0 Å². The summed E-state index contributed by atoms with van der Waals surface area (Å²) in [6, 6.07) is 4.62. The first kappa shape index (κ1) is 56.8. The zero-order valence-corrected chi connectivity index (χ0v) is 47.4. The molecule has 8 aliphatic carbocycles. The van der Waals surface area contributed by atoms with Crippen LogP contribution < -0.4 is 0 Å². The number of allylic oxidation sites excluding steroid dienone is 7. The number of ether oxygens (including phenoxy) is 3. The van der Waals surface area contributed by atoms with Crippen molar-refractivity contribution in [2.24, 2.45) is 74.9 Å². The summed E-state index contributed by atoms with van der Waals surface area (Å²) >= 11 is 0. The Kier molecular flexibility index (Phi) is 17.6. The Balaban J connectivity index is 0.000000344. The first-order valence-corrected chi connectivity index (χ1v) is 29.5. The summed E-state index contributed by atoms with van der Waals surface area (Å²) < 4.78 is 59.3. The third-order valence-electron chi connectivity index (χ3n) is 23.0. The van der Waals surface area contributed by atoms with Crippen LogP contribution in [0.3, 0.4) is 0 Å². The van der Waals surface area contributed by atoms with E-state index in [1.807, 2.05) is 0 Å². The van der Waals surface area contributed by atoms with Gasteiger partial charge in [-0.1, -0.05) is 109 Å². The quantitative estimate of drug-likeness (QED) is 0.0995. The zero-order valence-electron chi connectivity index (χ0n) is 47.4. The number of carbonyl (C=O) groups is 2. The van der Waals surface area contributed by atoms with Gasteiger partial charge >= 0.3 is 11.9 Å². The van der Waals surface area contributed by atoms with Crippen molar-refractivity contribution in [3.63, 3.8) is 0 Å². The van der Waals surface area contributed by atoms with Crippen LogP contribution in [0.1, 0.15) is 194 Å². The highest BCUT2D eigenvalue weighted by Crippen LogP contribution is 2.68. The molecule has 1 aromatic carbocycles. The number of hydrogen-bond donors (Lipinski definition) is 0. The molecule has 0 aromatic heterocycles. The van der Waals surface area contributed by atoms with Gasteiger partial charge in [-0.05, 0) is 226 Å². The molecule has 0 N–H and O–H groups in total. The van der Waals surface area contributed by atoms with Crippen LogP contribution in [-0.2, 0) is 43.1 Å². The second-order valence-electron chi connectivity index (χ2n) is 26.1. The van der Waals surface area contributed by atoms with E-state index in [2.05, 4.69) is 106 Å². The van der Waals surface area contributed by atoms with Crippen LogP contribution in [0.15, 0.2) is 72.6 Å². The van der Waals surface area contributed by atoms with Crippen molar-refractivity contribution < 1.29 is 37.0 Å². The van der Waals surface area contributed by atoms with Crippen LogP contribution in [0.25, 0.3) is 0 Å². The lowest BCUT2D eigenvalue weighted by Gasteiger charge is -2.58. The lowest BCUT2D eigenvalue weighted by Crippen LogP contribution is -2.51. The smallest absolute Gasteiger partial charge is 0.366 e. The Bertz CT molecular complexity index is 2320. The summed E-state index contributed by atoms with van der Waals surface area (Å²) in [5.74, 6) is 2.28. The number of fused-ring (bicyclic) bond motifs is 10. The van der Waals surface area contributed by atoms with Crippen LogP contribution in [-0.4, -0.2) is 49.7 Å².